The molecule has 1 aromatic rings. The fourth-order valence-electron chi connectivity index (χ4n) is 1.58. The van der Waals surface area contributed by atoms with Crippen LogP contribution in [-0.4, -0.2) is 26.4 Å². The molecule has 1 rings (SSSR count). The largest absolute Gasteiger partial charge is 0.329 e. The summed E-state index contributed by atoms with van der Waals surface area (Å²) in [5.41, 5.74) is 5.89. The van der Waals surface area contributed by atoms with E-state index in [0.717, 1.165) is 6.07 Å². The monoisotopic (exact) mass is 309 g/mol. The lowest BCUT2D eigenvalue weighted by Crippen LogP contribution is -2.29. The van der Waals surface area contributed by atoms with Crippen LogP contribution in [0, 0.1) is 24.0 Å². The maximum absolute atomic E-state index is 11.9. The predicted molar refractivity (Wildman–Crippen MR) is 74.1 cm³/mol. The number of halogens is 1. The average molecular weight is 310 g/mol. The Labute approximate surface area is 117 Å². The minimum absolute atomic E-state index is 0. The van der Waals surface area contributed by atoms with Gasteiger partial charge in [0.2, 0.25) is 10.0 Å². The van der Waals surface area contributed by atoms with Gasteiger partial charge in [-0.3, -0.25) is 10.1 Å². The maximum Gasteiger partial charge on any atom is 0.273 e. The molecule has 108 valence electrons. The predicted octanol–water partition coefficient (Wildman–Crippen LogP) is 0.870. The number of nitro groups is 1. The molecule has 1 aromatic carbocycles. The summed E-state index contributed by atoms with van der Waals surface area (Å²) in [6.45, 7) is 3.40. The molecule has 0 unspecified atom stereocenters. The van der Waals surface area contributed by atoms with E-state index < -0.39 is 14.9 Å². The topological polar surface area (TPSA) is 115 Å². The summed E-state index contributed by atoms with van der Waals surface area (Å²) in [5, 5.41) is 10.8. The first-order valence-corrected chi connectivity index (χ1v) is 6.73. The van der Waals surface area contributed by atoms with Gasteiger partial charge in [-0.15, -0.1) is 12.4 Å². The fraction of sp³-hybridized carbons (Fsp3) is 0.400. The molecule has 0 aliphatic carbocycles. The third-order valence-electron chi connectivity index (χ3n) is 2.42. The summed E-state index contributed by atoms with van der Waals surface area (Å²) in [4.78, 5) is 10.1. The Kier molecular flexibility index (Phi) is 6.37. The van der Waals surface area contributed by atoms with E-state index >= 15 is 0 Å². The Bertz CT molecular complexity index is 574. The maximum atomic E-state index is 11.9. The second-order valence-corrected chi connectivity index (χ2v) is 5.58. The van der Waals surface area contributed by atoms with E-state index in [1.54, 1.807) is 13.8 Å². The van der Waals surface area contributed by atoms with Crippen LogP contribution in [0.3, 0.4) is 0 Å². The second-order valence-electron chi connectivity index (χ2n) is 3.85. The molecule has 0 amide bonds. The van der Waals surface area contributed by atoms with Gasteiger partial charge in [-0.05, 0) is 25.5 Å². The van der Waals surface area contributed by atoms with Gasteiger partial charge in [0, 0.05) is 24.7 Å². The number of rotatable bonds is 5. The number of nitrogens with zero attached hydrogens (tertiary/aromatic N) is 1. The van der Waals surface area contributed by atoms with Crippen LogP contribution in [-0.2, 0) is 10.0 Å². The van der Waals surface area contributed by atoms with Crippen LogP contribution in [0.2, 0.25) is 0 Å². The number of hydrogen-bond donors (Lipinski definition) is 2. The fourth-order valence-corrected chi connectivity index (χ4v) is 2.87. The van der Waals surface area contributed by atoms with Crippen molar-refractivity contribution in [2.45, 2.75) is 18.7 Å². The third-order valence-corrected chi connectivity index (χ3v) is 4.02. The van der Waals surface area contributed by atoms with Crippen molar-refractivity contribution in [3.05, 3.63) is 33.4 Å². The first-order chi connectivity index (χ1) is 8.29. The van der Waals surface area contributed by atoms with Gasteiger partial charge in [-0.1, -0.05) is 0 Å². The van der Waals surface area contributed by atoms with Crippen LogP contribution in [0.15, 0.2) is 17.0 Å². The van der Waals surface area contributed by atoms with Crippen LogP contribution >= 0.6 is 12.4 Å². The smallest absolute Gasteiger partial charge is 0.273 e. The van der Waals surface area contributed by atoms with Crippen molar-refractivity contribution in [1.82, 2.24) is 4.72 Å². The Morgan fingerprint density at radius 2 is 1.89 bits per heavy atom. The molecule has 0 spiro atoms. The number of hydrogen-bond acceptors (Lipinski definition) is 5. The second kappa shape index (κ2) is 6.80. The lowest BCUT2D eigenvalue weighted by molar-refractivity contribution is -0.385. The molecule has 0 atom stereocenters. The van der Waals surface area contributed by atoms with Crippen molar-refractivity contribution in [1.29, 1.82) is 0 Å². The van der Waals surface area contributed by atoms with Gasteiger partial charge in [-0.25, -0.2) is 13.1 Å². The van der Waals surface area contributed by atoms with Gasteiger partial charge in [0.05, 0.1) is 9.82 Å². The zero-order valence-electron chi connectivity index (χ0n) is 10.5. The van der Waals surface area contributed by atoms with Crippen LogP contribution in [0.25, 0.3) is 0 Å². The molecule has 0 saturated heterocycles. The summed E-state index contributed by atoms with van der Waals surface area (Å²) in [6, 6.07) is 2.55. The SMILES string of the molecule is Cc1cc(C)c(S(=O)(=O)NCCN)cc1[N+](=O)[O-].Cl. The van der Waals surface area contributed by atoms with Gasteiger partial charge >= 0.3 is 0 Å². The standard InChI is InChI=1S/C10H15N3O4S.ClH/c1-7-5-8(2)10(6-9(7)13(14)15)18(16,17)12-4-3-11;/h5-6,12H,3-4,11H2,1-2H3;1H. The van der Waals surface area contributed by atoms with Gasteiger partial charge in [0.15, 0.2) is 0 Å². The van der Waals surface area contributed by atoms with Crippen molar-refractivity contribution >= 4 is 28.1 Å². The highest BCUT2D eigenvalue weighted by Crippen LogP contribution is 2.25. The molecule has 0 saturated carbocycles. The van der Waals surface area contributed by atoms with E-state index in [-0.39, 0.29) is 36.1 Å². The summed E-state index contributed by atoms with van der Waals surface area (Å²) in [5.74, 6) is 0. The molecule has 0 fully saturated rings. The summed E-state index contributed by atoms with van der Waals surface area (Å²) in [7, 11) is -3.76. The van der Waals surface area contributed by atoms with Crippen LogP contribution in [0.5, 0.6) is 0 Å². The highest BCUT2D eigenvalue weighted by Gasteiger charge is 2.21. The van der Waals surface area contributed by atoms with E-state index in [9.17, 15) is 18.5 Å². The molecular formula is C10H16ClN3O4S. The van der Waals surface area contributed by atoms with Gasteiger partial charge < -0.3 is 5.73 Å². The van der Waals surface area contributed by atoms with E-state index in [2.05, 4.69) is 4.72 Å². The quantitative estimate of drug-likeness (QED) is 0.618. The number of sulfonamides is 1. The number of nitro benzene ring substituents is 1. The molecule has 0 bridgehead atoms. The lowest BCUT2D eigenvalue weighted by atomic mass is 10.1. The Morgan fingerprint density at radius 3 is 2.37 bits per heavy atom. The van der Waals surface area contributed by atoms with Crippen molar-refractivity contribution < 1.29 is 13.3 Å². The van der Waals surface area contributed by atoms with E-state index in [1.165, 1.54) is 6.07 Å². The molecule has 0 aliphatic heterocycles. The molecular weight excluding hydrogens is 294 g/mol. The summed E-state index contributed by atoms with van der Waals surface area (Å²) < 4.78 is 26.1. The Hall–Kier alpha value is -1.22. The number of nitrogens with one attached hydrogen (secondary N) is 1. The Morgan fingerprint density at radius 1 is 1.32 bits per heavy atom. The zero-order valence-corrected chi connectivity index (χ0v) is 12.2. The van der Waals surface area contributed by atoms with Crippen molar-refractivity contribution in [2.24, 2.45) is 5.73 Å². The molecule has 19 heavy (non-hydrogen) atoms. The van der Waals surface area contributed by atoms with E-state index in [4.69, 9.17) is 5.73 Å². The van der Waals surface area contributed by atoms with Gasteiger partial charge in [0.25, 0.3) is 5.69 Å². The Balaban J connectivity index is 0.00000324. The first kappa shape index (κ1) is 17.8. The van der Waals surface area contributed by atoms with Gasteiger partial charge in [0.1, 0.15) is 0 Å². The highest BCUT2D eigenvalue weighted by atomic mass is 35.5. The molecule has 0 radical (unpaired) electrons. The van der Waals surface area contributed by atoms with Crippen molar-refractivity contribution in [2.75, 3.05) is 13.1 Å². The van der Waals surface area contributed by atoms with Crippen LogP contribution in [0.4, 0.5) is 5.69 Å². The number of aryl methyl sites for hydroxylation is 2. The highest BCUT2D eigenvalue weighted by molar-refractivity contribution is 7.89. The number of benzene rings is 1. The average Bonchev–Trinajstić information content (AvgIpc) is 2.25. The zero-order chi connectivity index (χ0) is 13.9. The number of nitrogens with two attached hydrogens (primary N) is 1. The van der Waals surface area contributed by atoms with E-state index in [0.29, 0.717) is 11.1 Å². The van der Waals surface area contributed by atoms with Gasteiger partial charge in [-0.2, -0.15) is 0 Å². The van der Waals surface area contributed by atoms with Crippen LogP contribution < -0.4 is 10.5 Å². The molecule has 0 aromatic heterocycles. The molecule has 9 heteroatoms. The summed E-state index contributed by atoms with van der Waals surface area (Å²) >= 11 is 0. The molecule has 0 heterocycles. The normalized spacial score (nSPS) is 10.9. The molecule has 7 nitrogen and oxygen atoms in total. The van der Waals surface area contributed by atoms with Crippen LogP contribution in [0.1, 0.15) is 11.1 Å². The van der Waals surface area contributed by atoms with E-state index in [1.807, 2.05) is 0 Å². The minimum atomic E-state index is -3.76. The van der Waals surface area contributed by atoms with Crippen molar-refractivity contribution in [3.8, 4) is 0 Å². The van der Waals surface area contributed by atoms with Crippen molar-refractivity contribution in [3.63, 3.8) is 0 Å². The first-order valence-electron chi connectivity index (χ1n) is 5.25. The summed E-state index contributed by atoms with van der Waals surface area (Å²) in [6.07, 6.45) is 0. The minimum Gasteiger partial charge on any atom is -0.329 e. The molecule has 0 aliphatic rings. The third kappa shape index (κ3) is 4.13. The molecule has 3 N–H and O–H groups in total. The lowest BCUT2D eigenvalue weighted by Gasteiger charge is -2.09.